The lowest BCUT2D eigenvalue weighted by Gasteiger charge is -2.21. The first-order valence-electron chi connectivity index (χ1n) is 5.19. The summed E-state index contributed by atoms with van der Waals surface area (Å²) in [6.45, 7) is 0.890. The standard InChI is InChI=1S/C10H19NS/c11-6-3-9-7-10(12-8-9)4-1-2-5-10/h9H,1-8,11H2. The maximum absolute atomic E-state index is 5.59. The minimum absolute atomic E-state index is 0.722. The highest BCUT2D eigenvalue weighted by Crippen LogP contribution is 2.52. The Morgan fingerprint density at radius 2 is 2.08 bits per heavy atom. The Labute approximate surface area is 79.5 Å². The summed E-state index contributed by atoms with van der Waals surface area (Å²) < 4.78 is 0.722. The minimum Gasteiger partial charge on any atom is -0.330 e. The quantitative estimate of drug-likeness (QED) is 0.715. The first-order chi connectivity index (χ1) is 5.85. The van der Waals surface area contributed by atoms with Crippen LogP contribution in [0.15, 0.2) is 0 Å². The zero-order valence-corrected chi connectivity index (χ0v) is 8.54. The van der Waals surface area contributed by atoms with Gasteiger partial charge < -0.3 is 5.73 Å². The maximum atomic E-state index is 5.59. The van der Waals surface area contributed by atoms with Crippen molar-refractivity contribution in [3.63, 3.8) is 0 Å². The predicted octanol–water partition coefficient (Wildman–Crippen LogP) is 2.40. The first-order valence-corrected chi connectivity index (χ1v) is 6.17. The van der Waals surface area contributed by atoms with Crippen LogP contribution in [0.2, 0.25) is 0 Å². The number of rotatable bonds is 2. The van der Waals surface area contributed by atoms with Crippen molar-refractivity contribution in [3.05, 3.63) is 0 Å². The van der Waals surface area contributed by atoms with Gasteiger partial charge in [0.1, 0.15) is 0 Å². The Morgan fingerprint density at radius 3 is 2.75 bits per heavy atom. The fourth-order valence-electron chi connectivity index (χ4n) is 2.73. The van der Waals surface area contributed by atoms with Gasteiger partial charge in [0.15, 0.2) is 0 Å². The van der Waals surface area contributed by atoms with Crippen LogP contribution >= 0.6 is 11.8 Å². The largest absolute Gasteiger partial charge is 0.330 e. The third-order valence-electron chi connectivity index (χ3n) is 3.38. The highest BCUT2D eigenvalue weighted by Gasteiger charge is 2.41. The van der Waals surface area contributed by atoms with Gasteiger partial charge in [-0.2, -0.15) is 11.8 Å². The van der Waals surface area contributed by atoms with Crippen LogP contribution in [-0.2, 0) is 0 Å². The third kappa shape index (κ3) is 1.64. The number of hydrogen-bond acceptors (Lipinski definition) is 2. The molecule has 2 heteroatoms. The molecule has 1 unspecified atom stereocenters. The van der Waals surface area contributed by atoms with Crippen molar-refractivity contribution >= 4 is 11.8 Å². The van der Waals surface area contributed by atoms with Crippen LogP contribution in [0.25, 0.3) is 0 Å². The second-order valence-corrected chi connectivity index (χ2v) is 5.84. The Bertz CT molecular complexity index is 152. The topological polar surface area (TPSA) is 26.0 Å². The molecule has 12 heavy (non-hydrogen) atoms. The zero-order valence-electron chi connectivity index (χ0n) is 7.72. The Morgan fingerprint density at radius 1 is 1.33 bits per heavy atom. The van der Waals surface area contributed by atoms with Gasteiger partial charge in [-0.1, -0.05) is 12.8 Å². The Balaban J connectivity index is 1.88. The summed E-state index contributed by atoms with van der Waals surface area (Å²) in [5.41, 5.74) is 5.59. The molecular formula is C10H19NS. The van der Waals surface area contributed by atoms with Gasteiger partial charge >= 0.3 is 0 Å². The Kier molecular flexibility index (Phi) is 2.66. The summed E-state index contributed by atoms with van der Waals surface area (Å²) in [4.78, 5) is 0. The molecule has 0 aromatic carbocycles. The van der Waals surface area contributed by atoms with Crippen LogP contribution in [0.1, 0.15) is 38.5 Å². The molecular weight excluding hydrogens is 166 g/mol. The van der Waals surface area contributed by atoms with Crippen molar-refractivity contribution in [2.75, 3.05) is 12.3 Å². The van der Waals surface area contributed by atoms with Crippen LogP contribution < -0.4 is 5.73 Å². The first kappa shape index (κ1) is 8.89. The highest BCUT2D eigenvalue weighted by atomic mass is 32.2. The zero-order chi connectivity index (χ0) is 8.44. The van der Waals surface area contributed by atoms with E-state index in [4.69, 9.17) is 5.73 Å². The normalized spacial score (nSPS) is 33.2. The van der Waals surface area contributed by atoms with Gasteiger partial charge in [-0.15, -0.1) is 0 Å². The average molecular weight is 185 g/mol. The molecule has 1 nitrogen and oxygen atoms in total. The van der Waals surface area contributed by atoms with E-state index in [0.717, 1.165) is 17.2 Å². The molecule has 2 fully saturated rings. The summed E-state index contributed by atoms with van der Waals surface area (Å²) in [6, 6.07) is 0. The number of thioether (sulfide) groups is 1. The van der Waals surface area contributed by atoms with Crippen molar-refractivity contribution in [1.82, 2.24) is 0 Å². The monoisotopic (exact) mass is 185 g/mol. The molecule has 1 aliphatic carbocycles. The molecule has 1 saturated heterocycles. The molecule has 1 aliphatic heterocycles. The summed E-state index contributed by atoms with van der Waals surface area (Å²) >= 11 is 2.24. The van der Waals surface area contributed by atoms with E-state index in [1.54, 1.807) is 0 Å². The molecule has 2 N–H and O–H groups in total. The molecule has 2 aliphatic rings. The molecule has 0 bridgehead atoms. The molecule has 1 heterocycles. The van der Waals surface area contributed by atoms with E-state index >= 15 is 0 Å². The SMILES string of the molecule is NCCC1CSC2(CCCC2)C1. The van der Waals surface area contributed by atoms with Crippen LogP contribution in [0.3, 0.4) is 0 Å². The second kappa shape index (κ2) is 3.59. The predicted molar refractivity (Wildman–Crippen MR) is 55.4 cm³/mol. The van der Waals surface area contributed by atoms with Crippen LogP contribution in [-0.4, -0.2) is 17.0 Å². The maximum Gasteiger partial charge on any atom is 0.0163 e. The van der Waals surface area contributed by atoms with Crippen molar-refractivity contribution in [2.45, 2.75) is 43.3 Å². The average Bonchev–Trinajstić information content (AvgIpc) is 2.65. The van der Waals surface area contributed by atoms with Crippen molar-refractivity contribution in [3.8, 4) is 0 Å². The second-order valence-electron chi connectivity index (χ2n) is 4.35. The number of nitrogens with two attached hydrogens (primary N) is 1. The summed E-state index contributed by atoms with van der Waals surface area (Å²) in [7, 11) is 0. The fraction of sp³-hybridized carbons (Fsp3) is 1.00. The molecule has 1 atom stereocenters. The van der Waals surface area contributed by atoms with Crippen molar-refractivity contribution in [2.24, 2.45) is 11.7 Å². The van der Waals surface area contributed by atoms with Gasteiger partial charge in [-0.25, -0.2) is 0 Å². The van der Waals surface area contributed by atoms with E-state index in [9.17, 15) is 0 Å². The van der Waals surface area contributed by atoms with Gasteiger partial charge in [-0.3, -0.25) is 0 Å². The molecule has 2 rings (SSSR count). The van der Waals surface area contributed by atoms with E-state index in [2.05, 4.69) is 11.8 Å². The van der Waals surface area contributed by atoms with E-state index in [1.807, 2.05) is 0 Å². The lowest BCUT2D eigenvalue weighted by molar-refractivity contribution is 0.449. The highest BCUT2D eigenvalue weighted by molar-refractivity contribution is 8.00. The van der Waals surface area contributed by atoms with Gasteiger partial charge in [0.05, 0.1) is 0 Å². The van der Waals surface area contributed by atoms with Crippen molar-refractivity contribution < 1.29 is 0 Å². The van der Waals surface area contributed by atoms with Crippen LogP contribution in [0, 0.1) is 5.92 Å². The van der Waals surface area contributed by atoms with E-state index in [1.165, 1.54) is 44.3 Å². The van der Waals surface area contributed by atoms with Gasteiger partial charge in [-0.05, 0) is 43.9 Å². The molecule has 0 aromatic rings. The minimum atomic E-state index is 0.722. The van der Waals surface area contributed by atoms with Crippen molar-refractivity contribution in [1.29, 1.82) is 0 Å². The van der Waals surface area contributed by atoms with Gasteiger partial charge in [0.2, 0.25) is 0 Å². The molecule has 0 amide bonds. The van der Waals surface area contributed by atoms with Crippen LogP contribution in [0.5, 0.6) is 0 Å². The lowest BCUT2D eigenvalue weighted by atomic mass is 9.92. The van der Waals surface area contributed by atoms with Crippen LogP contribution in [0.4, 0.5) is 0 Å². The van der Waals surface area contributed by atoms with E-state index < -0.39 is 0 Å². The summed E-state index contributed by atoms with van der Waals surface area (Å²) in [6.07, 6.45) is 8.64. The lowest BCUT2D eigenvalue weighted by Crippen LogP contribution is -2.17. The summed E-state index contributed by atoms with van der Waals surface area (Å²) in [5, 5.41) is 0. The number of hydrogen-bond donors (Lipinski definition) is 1. The molecule has 0 aromatic heterocycles. The molecule has 1 saturated carbocycles. The third-order valence-corrected chi connectivity index (χ3v) is 5.20. The molecule has 1 spiro atoms. The summed E-state index contributed by atoms with van der Waals surface area (Å²) in [5.74, 6) is 2.33. The smallest absolute Gasteiger partial charge is 0.0163 e. The fourth-order valence-corrected chi connectivity index (χ4v) is 4.53. The van der Waals surface area contributed by atoms with Gasteiger partial charge in [0.25, 0.3) is 0 Å². The van der Waals surface area contributed by atoms with E-state index in [-0.39, 0.29) is 0 Å². The molecule has 0 radical (unpaired) electrons. The Hall–Kier alpha value is 0.310. The van der Waals surface area contributed by atoms with Gasteiger partial charge in [0, 0.05) is 4.75 Å². The van der Waals surface area contributed by atoms with E-state index in [0.29, 0.717) is 0 Å². The molecule has 70 valence electrons.